The van der Waals surface area contributed by atoms with Gasteiger partial charge < -0.3 is 15.3 Å². The molecule has 0 saturated carbocycles. The molecule has 1 aliphatic carbocycles. The van der Waals surface area contributed by atoms with Crippen LogP contribution in [0, 0.1) is 5.92 Å². The van der Waals surface area contributed by atoms with Gasteiger partial charge in [0.1, 0.15) is 5.60 Å². The second kappa shape index (κ2) is 5.50. The van der Waals surface area contributed by atoms with Gasteiger partial charge in [-0.1, -0.05) is 19.1 Å². The van der Waals surface area contributed by atoms with Crippen LogP contribution >= 0.6 is 0 Å². The fourth-order valence-corrected chi connectivity index (χ4v) is 2.22. The largest absolute Gasteiger partial charge is 0.478 e. The van der Waals surface area contributed by atoms with Crippen molar-refractivity contribution in [3.05, 3.63) is 35.5 Å². The van der Waals surface area contributed by atoms with Gasteiger partial charge in [0.2, 0.25) is 0 Å². The van der Waals surface area contributed by atoms with Gasteiger partial charge in [-0.2, -0.15) is 0 Å². The maximum Gasteiger partial charge on any atom is 0.328 e. The Bertz CT molecular complexity index is 420. The zero-order chi connectivity index (χ0) is 13.9. The maximum atomic E-state index is 10.6. The number of aliphatic hydroxyl groups excluding tert-OH is 1. The number of aliphatic hydroxyl groups is 2. The van der Waals surface area contributed by atoms with E-state index in [0.29, 0.717) is 17.6 Å². The highest BCUT2D eigenvalue weighted by atomic mass is 16.4. The van der Waals surface area contributed by atoms with Crippen LogP contribution in [-0.4, -0.2) is 33.0 Å². The quantitative estimate of drug-likeness (QED) is 0.405. The molecule has 100 valence electrons. The summed E-state index contributed by atoms with van der Waals surface area (Å²) in [6, 6.07) is 0. The minimum Gasteiger partial charge on any atom is -0.478 e. The first-order valence-electron chi connectivity index (χ1n) is 5.95. The molecule has 0 saturated heterocycles. The van der Waals surface area contributed by atoms with Crippen molar-refractivity contribution in [2.24, 2.45) is 5.92 Å². The Hall–Kier alpha value is -1.39. The summed E-state index contributed by atoms with van der Waals surface area (Å²) in [7, 11) is 0. The van der Waals surface area contributed by atoms with Gasteiger partial charge in [0.05, 0.1) is 6.10 Å². The number of rotatable bonds is 3. The highest BCUT2D eigenvalue weighted by molar-refractivity contribution is 5.81. The number of allylic oxidation sites excluding steroid dienone is 2. The Morgan fingerprint density at radius 2 is 2.17 bits per heavy atom. The van der Waals surface area contributed by atoms with Crippen molar-refractivity contribution >= 4 is 5.97 Å². The molecule has 0 radical (unpaired) electrons. The first kappa shape index (κ1) is 14.7. The second-order valence-electron chi connectivity index (χ2n) is 4.94. The van der Waals surface area contributed by atoms with Crippen molar-refractivity contribution in [3.8, 4) is 0 Å². The molecule has 0 fully saturated rings. The van der Waals surface area contributed by atoms with E-state index in [2.05, 4.69) is 0 Å². The maximum absolute atomic E-state index is 10.6. The lowest BCUT2D eigenvalue weighted by atomic mass is 9.74. The molecule has 4 nitrogen and oxygen atoms in total. The number of hydrogen-bond acceptors (Lipinski definition) is 3. The number of aliphatic carboxylic acids is 1. The molecule has 0 aliphatic heterocycles. The monoisotopic (exact) mass is 252 g/mol. The van der Waals surface area contributed by atoms with Gasteiger partial charge in [-0.05, 0) is 43.4 Å². The summed E-state index contributed by atoms with van der Waals surface area (Å²) in [5.41, 5.74) is 0.127. The van der Waals surface area contributed by atoms with Gasteiger partial charge in [0.15, 0.2) is 0 Å². The van der Waals surface area contributed by atoms with Gasteiger partial charge in [-0.15, -0.1) is 0 Å². The van der Waals surface area contributed by atoms with Crippen LogP contribution in [0.3, 0.4) is 0 Å². The molecule has 3 atom stereocenters. The van der Waals surface area contributed by atoms with E-state index in [1.807, 2.05) is 6.92 Å². The Labute approximate surface area is 107 Å². The van der Waals surface area contributed by atoms with E-state index in [1.54, 1.807) is 32.1 Å². The Kier molecular flexibility index (Phi) is 4.48. The summed E-state index contributed by atoms with van der Waals surface area (Å²) < 4.78 is 0. The SMILES string of the molecule is CC(C=C[C@@]1(O)C(C)=C[C@@H](O)C[C@H]1C)=CC(=O)O. The van der Waals surface area contributed by atoms with Crippen LogP contribution in [0.25, 0.3) is 0 Å². The van der Waals surface area contributed by atoms with Gasteiger partial charge in [0.25, 0.3) is 0 Å². The zero-order valence-corrected chi connectivity index (χ0v) is 10.9. The van der Waals surface area contributed by atoms with Crippen LogP contribution < -0.4 is 0 Å². The van der Waals surface area contributed by atoms with Crippen LogP contribution in [0.2, 0.25) is 0 Å². The van der Waals surface area contributed by atoms with Crippen molar-refractivity contribution < 1.29 is 20.1 Å². The summed E-state index contributed by atoms with van der Waals surface area (Å²) in [6.45, 7) is 5.29. The summed E-state index contributed by atoms with van der Waals surface area (Å²) in [4.78, 5) is 10.5. The number of carbonyl (C=O) groups is 1. The summed E-state index contributed by atoms with van der Waals surface area (Å²) in [6.07, 6.45) is 5.88. The molecule has 0 heterocycles. The Morgan fingerprint density at radius 3 is 2.67 bits per heavy atom. The van der Waals surface area contributed by atoms with E-state index in [4.69, 9.17) is 5.11 Å². The van der Waals surface area contributed by atoms with Crippen LogP contribution in [0.15, 0.2) is 35.5 Å². The van der Waals surface area contributed by atoms with Crippen molar-refractivity contribution in [2.45, 2.75) is 38.9 Å². The van der Waals surface area contributed by atoms with E-state index < -0.39 is 17.7 Å². The van der Waals surface area contributed by atoms with Gasteiger partial charge in [0, 0.05) is 6.08 Å². The van der Waals surface area contributed by atoms with Crippen LogP contribution in [0.4, 0.5) is 0 Å². The first-order valence-corrected chi connectivity index (χ1v) is 5.95. The first-order chi connectivity index (χ1) is 8.25. The molecule has 3 N–H and O–H groups in total. The predicted octanol–water partition coefficient (Wildman–Crippen LogP) is 1.65. The lowest BCUT2D eigenvalue weighted by Gasteiger charge is -2.37. The number of carboxylic acid groups (broad SMARTS) is 1. The highest BCUT2D eigenvalue weighted by Crippen LogP contribution is 2.35. The highest BCUT2D eigenvalue weighted by Gasteiger charge is 2.37. The molecule has 0 amide bonds. The predicted molar refractivity (Wildman–Crippen MR) is 69.0 cm³/mol. The molecular weight excluding hydrogens is 232 g/mol. The molecule has 1 aliphatic rings. The molecule has 1 rings (SSSR count). The van der Waals surface area contributed by atoms with E-state index >= 15 is 0 Å². The zero-order valence-electron chi connectivity index (χ0n) is 10.9. The third-order valence-corrected chi connectivity index (χ3v) is 3.37. The van der Waals surface area contributed by atoms with Crippen molar-refractivity contribution in [1.82, 2.24) is 0 Å². The fraction of sp³-hybridized carbons (Fsp3) is 0.500. The average molecular weight is 252 g/mol. The fourth-order valence-electron chi connectivity index (χ4n) is 2.22. The van der Waals surface area contributed by atoms with E-state index in [0.717, 1.165) is 6.08 Å². The molecular formula is C14H20O4. The third-order valence-electron chi connectivity index (χ3n) is 3.37. The molecule has 0 bridgehead atoms. The summed E-state index contributed by atoms with van der Waals surface area (Å²) in [5, 5.41) is 28.8. The molecule has 0 aromatic carbocycles. The van der Waals surface area contributed by atoms with Crippen molar-refractivity contribution in [3.63, 3.8) is 0 Å². The van der Waals surface area contributed by atoms with Gasteiger partial charge in [-0.3, -0.25) is 0 Å². The topological polar surface area (TPSA) is 77.8 Å². The molecule has 0 aromatic heterocycles. The van der Waals surface area contributed by atoms with E-state index in [-0.39, 0.29) is 5.92 Å². The molecule has 18 heavy (non-hydrogen) atoms. The van der Waals surface area contributed by atoms with E-state index in [1.165, 1.54) is 0 Å². The number of hydrogen-bond donors (Lipinski definition) is 3. The van der Waals surface area contributed by atoms with Crippen LogP contribution in [0.1, 0.15) is 27.2 Å². The minimum absolute atomic E-state index is 0.119. The number of carboxylic acids is 1. The Balaban J connectivity index is 2.97. The van der Waals surface area contributed by atoms with E-state index in [9.17, 15) is 15.0 Å². The summed E-state index contributed by atoms with van der Waals surface area (Å²) >= 11 is 0. The molecule has 0 unspecified atom stereocenters. The summed E-state index contributed by atoms with van der Waals surface area (Å²) in [5.74, 6) is -1.13. The smallest absolute Gasteiger partial charge is 0.328 e. The second-order valence-corrected chi connectivity index (χ2v) is 4.94. The standard InChI is InChI=1S/C14H20O4/c1-9(6-13(16)17)4-5-14(18)10(2)7-12(15)8-11(14)3/h4-7,11-12,15,18H,8H2,1-3H3,(H,16,17)/t11-,12-,14-/m1/s1. The van der Waals surface area contributed by atoms with Gasteiger partial charge >= 0.3 is 5.97 Å². The van der Waals surface area contributed by atoms with Crippen LogP contribution in [-0.2, 0) is 4.79 Å². The van der Waals surface area contributed by atoms with Crippen LogP contribution in [0.5, 0.6) is 0 Å². The van der Waals surface area contributed by atoms with Crippen molar-refractivity contribution in [2.75, 3.05) is 0 Å². The van der Waals surface area contributed by atoms with Gasteiger partial charge in [-0.25, -0.2) is 4.79 Å². The lowest BCUT2D eigenvalue weighted by molar-refractivity contribution is -0.131. The average Bonchev–Trinajstić information content (AvgIpc) is 2.22. The Morgan fingerprint density at radius 1 is 1.56 bits per heavy atom. The molecule has 0 aromatic rings. The molecule has 0 spiro atoms. The molecule has 4 heteroatoms. The third kappa shape index (κ3) is 3.31. The van der Waals surface area contributed by atoms with Crippen molar-refractivity contribution in [1.29, 1.82) is 0 Å². The minimum atomic E-state index is -1.12. The lowest BCUT2D eigenvalue weighted by Crippen LogP contribution is -2.41. The normalized spacial score (nSPS) is 33.6.